The van der Waals surface area contributed by atoms with Gasteiger partial charge in [0.05, 0.1) is 11.2 Å². The number of aromatic nitrogens is 2. The van der Waals surface area contributed by atoms with Gasteiger partial charge in [0, 0.05) is 22.2 Å². The summed E-state index contributed by atoms with van der Waals surface area (Å²) in [6.45, 7) is 0.280. The molecule has 0 saturated heterocycles. The summed E-state index contributed by atoms with van der Waals surface area (Å²) in [6.07, 6.45) is 1.75. The minimum Gasteiger partial charge on any atom is -0.487 e. The summed E-state index contributed by atoms with van der Waals surface area (Å²) < 4.78 is 7.75. The van der Waals surface area contributed by atoms with Gasteiger partial charge < -0.3 is 4.74 Å². The SMILES string of the molecule is O=C1c2c(nc3ccccc3c2OCc2ccccc2Cl)-c2cccn21. The van der Waals surface area contributed by atoms with Crippen LogP contribution >= 0.6 is 11.6 Å². The third-order valence-electron chi connectivity index (χ3n) is 4.60. The molecule has 1 aliphatic rings. The average Bonchev–Trinajstić information content (AvgIpc) is 3.24. The summed E-state index contributed by atoms with van der Waals surface area (Å²) in [5.74, 6) is 0.437. The summed E-state index contributed by atoms with van der Waals surface area (Å²) in [7, 11) is 0. The van der Waals surface area contributed by atoms with Gasteiger partial charge in [0.2, 0.25) is 0 Å². The number of ether oxygens (including phenoxy) is 1. The molecule has 2 aromatic carbocycles. The molecule has 2 aromatic heterocycles. The molecule has 0 fully saturated rings. The van der Waals surface area contributed by atoms with Crippen LogP contribution in [0.2, 0.25) is 5.02 Å². The predicted octanol–water partition coefficient (Wildman–Crippen LogP) is 4.94. The van der Waals surface area contributed by atoms with Crippen molar-refractivity contribution in [1.29, 1.82) is 0 Å². The van der Waals surface area contributed by atoms with Crippen LogP contribution in [0.1, 0.15) is 15.9 Å². The molecule has 3 heterocycles. The zero-order chi connectivity index (χ0) is 17.7. The molecule has 26 heavy (non-hydrogen) atoms. The van der Waals surface area contributed by atoms with Gasteiger partial charge in [-0.2, -0.15) is 0 Å². The van der Waals surface area contributed by atoms with Crippen LogP contribution in [0.15, 0.2) is 66.9 Å². The maximum Gasteiger partial charge on any atom is 0.268 e. The summed E-state index contributed by atoms with van der Waals surface area (Å²) in [5.41, 5.74) is 3.62. The monoisotopic (exact) mass is 360 g/mol. The Hall–Kier alpha value is -3.11. The molecule has 0 spiro atoms. The highest BCUT2D eigenvalue weighted by Gasteiger charge is 2.32. The van der Waals surface area contributed by atoms with Crippen molar-refractivity contribution in [2.45, 2.75) is 6.61 Å². The molecule has 0 unspecified atom stereocenters. The van der Waals surface area contributed by atoms with Gasteiger partial charge in [0.15, 0.2) is 0 Å². The van der Waals surface area contributed by atoms with Gasteiger partial charge in [0.1, 0.15) is 23.6 Å². The lowest BCUT2D eigenvalue weighted by atomic mass is 10.1. The first kappa shape index (κ1) is 15.2. The van der Waals surface area contributed by atoms with E-state index in [1.54, 1.807) is 10.8 Å². The number of carbonyl (C=O) groups is 1. The van der Waals surface area contributed by atoms with E-state index in [9.17, 15) is 4.79 Å². The molecule has 5 heteroatoms. The highest BCUT2D eigenvalue weighted by atomic mass is 35.5. The maximum absolute atomic E-state index is 12.9. The lowest BCUT2D eigenvalue weighted by Gasteiger charge is -2.13. The third kappa shape index (κ3) is 2.16. The number of fused-ring (bicyclic) bond motifs is 4. The molecule has 0 atom stereocenters. The van der Waals surface area contributed by atoms with Gasteiger partial charge in [-0.1, -0.05) is 41.9 Å². The number of nitrogens with zero attached hydrogens (tertiary/aromatic N) is 2. The number of carbonyl (C=O) groups excluding carboxylic acids is 1. The summed E-state index contributed by atoms with van der Waals surface area (Å²) >= 11 is 6.25. The lowest BCUT2D eigenvalue weighted by Crippen LogP contribution is -2.08. The van der Waals surface area contributed by atoms with Crippen LogP contribution in [0.3, 0.4) is 0 Å². The summed E-state index contributed by atoms with van der Waals surface area (Å²) in [6, 6.07) is 19.0. The van der Waals surface area contributed by atoms with E-state index < -0.39 is 0 Å². The third-order valence-corrected chi connectivity index (χ3v) is 4.97. The van der Waals surface area contributed by atoms with Gasteiger partial charge >= 0.3 is 0 Å². The molecule has 1 aliphatic heterocycles. The van der Waals surface area contributed by atoms with Crippen molar-refractivity contribution in [3.63, 3.8) is 0 Å². The first-order chi connectivity index (χ1) is 12.7. The van der Waals surface area contributed by atoms with Gasteiger partial charge in [-0.3, -0.25) is 9.36 Å². The van der Waals surface area contributed by atoms with Crippen LogP contribution in [0, 0.1) is 0 Å². The van der Waals surface area contributed by atoms with E-state index in [1.807, 2.05) is 60.7 Å². The standard InChI is InChI=1S/C21H13ClN2O2/c22-15-8-3-1-6-13(15)12-26-20-14-7-2-4-9-16(14)23-19-17-10-5-11-24(17)21(25)18(19)20/h1-11H,12H2. The van der Waals surface area contributed by atoms with E-state index in [1.165, 1.54) is 0 Å². The topological polar surface area (TPSA) is 44.1 Å². The van der Waals surface area contributed by atoms with Crippen LogP contribution in [-0.4, -0.2) is 15.5 Å². The van der Waals surface area contributed by atoms with E-state index >= 15 is 0 Å². The van der Waals surface area contributed by atoms with E-state index in [0.717, 1.165) is 22.2 Å². The molecule has 0 amide bonds. The van der Waals surface area contributed by atoms with E-state index in [0.29, 0.717) is 22.0 Å². The fourth-order valence-corrected chi connectivity index (χ4v) is 3.54. The second-order valence-electron chi connectivity index (χ2n) is 6.13. The van der Waals surface area contributed by atoms with Crippen molar-refractivity contribution in [3.05, 3.63) is 83.0 Å². The summed E-state index contributed by atoms with van der Waals surface area (Å²) in [4.78, 5) is 17.6. The Balaban J connectivity index is 1.69. The van der Waals surface area contributed by atoms with Crippen molar-refractivity contribution >= 4 is 28.4 Å². The minimum atomic E-state index is -0.118. The Kier molecular flexibility index (Phi) is 3.33. The molecule has 126 valence electrons. The molecule has 0 N–H and O–H groups in total. The second-order valence-corrected chi connectivity index (χ2v) is 6.54. The van der Waals surface area contributed by atoms with Gasteiger partial charge in [-0.15, -0.1) is 0 Å². The first-order valence-corrected chi connectivity index (χ1v) is 8.63. The first-order valence-electron chi connectivity index (χ1n) is 8.25. The number of para-hydroxylation sites is 1. The Labute approximate surface area is 154 Å². The largest absolute Gasteiger partial charge is 0.487 e. The van der Waals surface area contributed by atoms with Gasteiger partial charge in [-0.05, 0) is 30.3 Å². The number of halogens is 1. The quantitative estimate of drug-likeness (QED) is 0.458. The van der Waals surface area contributed by atoms with E-state index in [2.05, 4.69) is 0 Å². The minimum absolute atomic E-state index is 0.118. The molecule has 5 rings (SSSR count). The Morgan fingerprint density at radius 2 is 1.81 bits per heavy atom. The fraction of sp³-hybridized carbons (Fsp3) is 0.0476. The molecule has 4 aromatic rings. The van der Waals surface area contributed by atoms with Crippen LogP contribution in [0.4, 0.5) is 0 Å². The number of pyridine rings is 1. The molecular formula is C21H13ClN2O2. The zero-order valence-corrected chi connectivity index (χ0v) is 14.4. The van der Waals surface area contributed by atoms with Crippen LogP contribution in [0.5, 0.6) is 5.75 Å². The lowest BCUT2D eigenvalue weighted by molar-refractivity contribution is 0.0965. The van der Waals surface area contributed by atoms with Crippen molar-refractivity contribution < 1.29 is 9.53 Å². The van der Waals surface area contributed by atoms with Crippen molar-refractivity contribution in [2.75, 3.05) is 0 Å². The molecule has 0 saturated carbocycles. The smallest absolute Gasteiger partial charge is 0.268 e. The predicted molar refractivity (Wildman–Crippen MR) is 101 cm³/mol. The normalized spacial score (nSPS) is 12.3. The zero-order valence-electron chi connectivity index (χ0n) is 13.6. The van der Waals surface area contributed by atoms with E-state index in [-0.39, 0.29) is 12.5 Å². The van der Waals surface area contributed by atoms with Crippen LogP contribution in [-0.2, 0) is 6.61 Å². The Morgan fingerprint density at radius 3 is 2.69 bits per heavy atom. The van der Waals surface area contributed by atoms with Gasteiger partial charge in [-0.25, -0.2) is 4.98 Å². The number of rotatable bonds is 3. The van der Waals surface area contributed by atoms with Crippen molar-refractivity contribution in [1.82, 2.24) is 9.55 Å². The molecule has 0 aliphatic carbocycles. The second kappa shape index (κ2) is 5.71. The molecule has 4 nitrogen and oxygen atoms in total. The molecular weight excluding hydrogens is 348 g/mol. The molecule has 0 bridgehead atoms. The Bertz CT molecular complexity index is 1180. The highest BCUT2D eigenvalue weighted by molar-refractivity contribution is 6.31. The number of hydrogen-bond donors (Lipinski definition) is 0. The van der Waals surface area contributed by atoms with Crippen LogP contribution < -0.4 is 4.74 Å². The van der Waals surface area contributed by atoms with E-state index in [4.69, 9.17) is 21.3 Å². The number of benzene rings is 2. The number of hydrogen-bond acceptors (Lipinski definition) is 3. The Morgan fingerprint density at radius 1 is 1.00 bits per heavy atom. The fourth-order valence-electron chi connectivity index (χ4n) is 3.35. The van der Waals surface area contributed by atoms with Crippen molar-refractivity contribution in [3.8, 4) is 17.1 Å². The maximum atomic E-state index is 12.9. The van der Waals surface area contributed by atoms with Gasteiger partial charge in [0.25, 0.3) is 5.91 Å². The average molecular weight is 361 g/mol. The van der Waals surface area contributed by atoms with Crippen LogP contribution in [0.25, 0.3) is 22.3 Å². The molecule has 0 radical (unpaired) electrons. The highest BCUT2D eigenvalue weighted by Crippen LogP contribution is 2.41. The summed E-state index contributed by atoms with van der Waals surface area (Å²) in [5, 5.41) is 1.46. The van der Waals surface area contributed by atoms with Crippen molar-refractivity contribution in [2.24, 2.45) is 0 Å².